The van der Waals surface area contributed by atoms with Crippen LogP contribution < -0.4 is 5.32 Å². The molecule has 0 aliphatic carbocycles. The van der Waals surface area contributed by atoms with E-state index >= 15 is 0 Å². The molecule has 1 aliphatic rings. The van der Waals surface area contributed by atoms with Gasteiger partial charge in [0.15, 0.2) is 0 Å². The van der Waals surface area contributed by atoms with E-state index in [0.717, 1.165) is 27.5 Å². The summed E-state index contributed by atoms with van der Waals surface area (Å²) in [6, 6.07) is 19.8. The number of cyclic esters (lactones) is 1. The molecular weight excluding hydrogens is 390 g/mol. The predicted octanol–water partition coefficient (Wildman–Crippen LogP) is 5.25. The van der Waals surface area contributed by atoms with E-state index in [1.807, 2.05) is 74.5 Å². The third-order valence-electron chi connectivity index (χ3n) is 5.51. The summed E-state index contributed by atoms with van der Waals surface area (Å²) < 4.78 is 11.2. The van der Waals surface area contributed by atoms with Crippen molar-refractivity contribution in [2.45, 2.75) is 51.9 Å². The van der Waals surface area contributed by atoms with Crippen molar-refractivity contribution >= 4 is 28.4 Å². The number of esters is 2. The third kappa shape index (κ3) is 4.13. The van der Waals surface area contributed by atoms with Crippen LogP contribution in [0.2, 0.25) is 0 Å². The van der Waals surface area contributed by atoms with Crippen LogP contribution in [-0.4, -0.2) is 23.6 Å². The van der Waals surface area contributed by atoms with E-state index in [1.165, 1.54) is 0 Å². The number of carbonyl (C=O) groups excluding carboxylic acids is 2. The zero-order chi connectivity index (χ0) is 22.2. The van der Waals surface area contributed by atoms with E-state index < -0.39 is 23.6 Å². The maximum atomic E-state index is 13.2. The molecule has 0 unspecified atom stereocenters. The number of anilines is 1. The minimum absolute atomic E-state index is 0.155. The first-order valence-corrected chi connectivity index (χ1v) is 10.5. The number of hydrogen-bond donors (Lipinski definition) is 1. The molecule has 1 aliphatic heterocycles. The molecule has 4 rings (SSSR count). The standard InChI is InChI=1S/C26H27NO4/c1-16(2)30-24(28)26(27-22-12-17(3)11-18(4)13-22)15-23(31-25(26)29)21-10-9-19-7-5-6-8-20(19)14-21/h5-14,16,23,27H,15H2,1-4H3/t23-,26+/m0/s1. The number of hydrogen-bond acceptors (Lipinski definition) is 5. The Kier molecular flexibility index (Phi) is 5.44. The summed E-state index contributed by atoms with van der Waals surface area (Å²) in [5, 5.41) is 5.34. The summed E-state index contributed by atoms with van der Waals surface area (Å²) in [7, 11) is 0. The van der Waals surface area contributed by atoms with Crippen LogP contribution in [0.4, 0.5) is 5.69 Å². The molecule has 0 amide bonds. The van der Waals surface area contributed by atoms with Crippen LogP contribution in [0.25, 0.3) is 10.8 Å². The molecule has 1 N–H and O–H groups in total. The number of nitrogens with one attached hydrogen (secondary N) is 1. The Bertz CT molecular complexity index is 1130. The van der Waals surface area contributed by atoms with Gasteiger partial charge in [0.2, 0.25) is 5.54 Å². The Morgan fingerprint density at radius 3 is 2.39 bits per heavy atom. The van der Waals surface area contributed by atoms with E-state index in [-0.39, 0.29) is 12.5 Å². The SMILES string of the molecule is Cc1cc(C)cc(N[C@@]2(C(=O)OC(C)C)C[C@@H](c3ccc4ccccc4c3)OC2=O)c1. The number of fused-ring (bicyclic) bond motifs is 1. The Labute approximate surface area is 182 Å². The summed E-state index contributed by atoms with van der Waals surface area (Å²) in [6.45, 7) is 7.48. The van der Waals surface area contributed by atoms with E-state index in [9.17, 15) is 9.59 Å². The highest BCUT2D eigenvalue weighted by molar-refractivity contribution is 6.09. The van der Waals surface area contributed by atoms with E-state index in [1.54, 1.807) is 13.8 Å². The molecule has 5 nitrogen and oxygen atoms in total. The van der Waals surface area contributed by atoms with Crippen molar-refractivity contribution in [1.29, 1.82) is 0 Å². The molecule has 3 aromatic carbocycles. The van der Waals surface area contributed by atoms with Crippen molar-refractivity contribution in [2.24, 2.45) is 0 Å². The van der Waals surface area contributed by atoms with Crippen molar-refractivity contribution in [2.75, 3.05) is 5.32 Å². The first-order chi connectivity index (χ1) is 14.8. The fourth-order valence-electron chi connectivity index (χ4n) is 4.15. The molecule has 0 radical (unpaired) electrons. The lowest BCUT2D eigenvalue weighted by Gasteiger charge is -2.26. The highest BCUT2D eigenvalue weighted by Crippen LogP contribution is 2.40. The first-order valence-electron chi connectivity index (χ1n) is 10.5. The minimum Gasteiger partial charge on any atom is -0.461 e. The second-order valence-electron chi connectivity index (χ2n) is 8.57. The second kappa shape index (κ2) is 8.06. The van der Waals surface area contributed by atoms with Gasteiger partial charge >= 0.3 is 11.9 Å². The Morgan fingerprint density at radius 1 is 1.03 bits per heavy atom. The van der Waals surface area contributed by atoms with Crippen molar-refractivity contribution < 1.29 is 19.1 Å². The fourth-order valence-corrected chi connectivity index (χ4v) is 4.15. The van der Waals surface area contributed by atoms with Gasteiger partial charge in [-0.05, 0) is 73.4 Å². The molecule has 1 saturated heterocycles. The fraction of sp³-hybridized carbons (Fsp3) is 0.308. The van der Waals surface area contributed by atoms with E-state index in [4.69, 9.17) is 9.47 Å². The zero-order valence-corrected chi connectivity index (χ0v) is 18.3. The smallest absolute Gasteiger partial charge is 0.344 e. The van der Waals surface area contributed by atoms with Gasteiger partial charge < -0.3 is 14.8 Å². The topological polar surface area (TPSA) is 64.6 Å². The Morgan fingerprint density at radius 2 is 1.71 bits per heavy atom. The zero-order valence-electron chi connectivity index (χ0n) is 18.3. The Hall–Kier alpha value is -3.34. The first kappa shape index (κ1) is 20.9. The molecule has 5 heteroatoms. The van der Waals surface area contributed by atoms with Crippen LogP contribution in [0.3, 0.4) is 0 Å². The largest absolute Gasteiger partial charge is 0.461 e. The second-order valence-corrected chi connectivity index (χ2v) is 8.57. The summed E-state index contributed by atoms with van der Waals surface area (Å²) in [6.07, 6.45) is -0.740. The van der Waals surface area contributed by atoms with Gasteiger partial charge in [0.25, 0.3) is 0 Å². The van der Waals surface area contributed by atoms with Gasteiger partial charge in [0.05, 0.1) is 6.10 Å². The highest BCUT2D eigenvalue weighted by atomic mass is 16.6. The molecule has 0 spiro atoms. The summed E-state index contributed by atoms with van der Waals surface area (Å²) in [5.74, 6) is -1.23. The van der Waals surface area contributed by atoms with Crippen LogP contribution in [-0.2, 0) is 19.1 Å². The van der Waals surface area contributed by atoms with Crippen molar-refractivity contribution in [3.63, 3.8) is 0 Å². The van der Waals surface area contributed by atoms with Gasteiger partial charge in [-0.2, -0.15) is 0 Å². The minimum atomic E-state index is -1.60. The summed E-state index contributed by atoms with van der Waals surface area (Å²) in [5.41, 5.74) is 2.02. The van der Waals surface area contributed by atoms with Gasteiger partial charge in [-0.15, -0.1) is 0 Å². The number of aryl methyl sites for hydroxylation is 2. The average molecular weight is 418 g/mol. The van der Waals surface area contributed by atoms with Crippen molar-refractivity contribution in [3.05, 3.63) is 77.4 Å². The Balaban J connectivity index is 1.71. The van der Waals surface area contributed by atoms with E-state index in [2.05, 4.69) is 5.32 Å². The number of ether oxygens (including phenoxy) is 2. The number of rotatable bonds is 5. The lowest BCUT2D eigenvalue weighted by Crippen LogP contribution is -2.52. The molecule has 2 atom stereocenters. The van der Waals surface area contributed by atoms with Crippen LogP contribution in [0.1, 0.15) is 43.1 Å². The van der Waals surface area contributed by atoms with Gasteiger partial charge in [0.1, 0.15) is 6.10 Å². The van der Waals surface area contributed by atoms with Crippen LogP contribution >= 0.6 is 0 Å². The quantitative estimate of drug-likeness (QED) is 0.454. The van der Waals surface area contributed by atoms with Gasteiger partial charge in [-0.25, -0.2) is 9.59 Å². The summed E-state index contributed by atoms with van der Waals surface area (Å²) in [4.78, 5) is 26.3. The van der Waals surface area contributed by atoms with Crippen molar-refractivity contribution in [3.8, 4) is 0 Å². The molecule has 160 valence electrons. The van der Waals surface area contributed by atoms with Gasteiger partial charge in [0, 0.05) is 12.1 Å². The maximum absolute atomic E-state index is 13.2. The lowest BCUT2D eigenvalue weighted by molar-refractivity contribution is -0.159. The molecular formula is C26H27NO4. The summed E-state index contributed by atoms with van der Waals surface area (Å²) >= 11 is 0. The van der Waals surface area contributed by atoms with Gasteiger partial charge in [-0.1, -0.05) is 42.5 Å². The molecule has 0 aromatic heterocycles. The predicted molar refractivity (Wildman–Crippen MR) is 121 cm³/mol. The third-order valence-corrected chi connectivity index (χ3v) is 5.51. The van der Waals surface area contributed by atoms with Gasteiger partial charge in [-0.3, -0.25) is 0 Å². The van der Waals surface area contributed by atoms with E-state index in [0.29, 0.717) is 5.69 Å². The molecule has 3 aromatic rings. The highest BCUT2D eigenvalue weighted by Gasteiger charge is 2.57. The number of benzene rings is 3. The lowest BCUT2D eigenvalue weighted by atomic mass is 9.91. The average Bonchev–Trinajstić information content (AvgIpc) is 3.03. The van der Waals surface area contributed by atoms with Crippen molar-refractivity contribution in [1.82, 2.24) is 0 Å². The van der Waals surface area contributed by atoms with Crippen LogP contribution in [0.15, 0.2) is 60.7 Å². The maximum Gasteiger partial charge on any atom is 0.344 e. The molecule has 1 fully saturated rings. The van der Waals surface area contributed by atoms with Crippen LogP contribution in [0.5, 0.6) is 0 Å². The normalized spacial score (nSPS) is 20.7. The molecule has 1 heterocycles. The molecule has 0 bridgehead atoms. The monoisotopic (exact) mass is 417 g/mol. The molecule has 0 saturated carbocycles. The number of carbonyl (C=O) groups is 2. The molecule has 31 heavy (non-hydrogen) atoms. The van der Waals surface area contributed by atoms with Crippen LogP contribution in [0, 0.1) is 13.8 Å².